The van der Waals surface area contributed by atoms with Gasteiger partial charge in [0.05, 0.1) is 0 Å². The Morgan fingerprint density at radius 3 is 2.71 bits per heavy atom. The van der Waals surface area contributed by atoms with Crippen LogP contribution in [0.15, 0.2) is 34.7 Å². The summed E-state index contributed by atoms with van der Waals surface area (Å²) in [7, 11) is 0. The summed E-state index contributed by atoms with van der Waals surface area (Å²) in [6, 6.07) is 9.40. The number of rotatable bonds is 4. The molecule has 1 unspecified atom stereocenters. The van der Waals surface area contributed by atoms with Crippen LogP contribution >= 0.6 is 0 Å². The largest absolute Gasteiger partial charge is 0.453 e. The molecule has 0 radical (unpaired) electrons. The molecule has 0 aliphatic carbocycles. The minimum absolute atomic E-state index is 0.0151. The number of nitrogens with two attached hydrogens (primary N) is 1. The number of para-hydroxylation sites is 1. The van der Waals surface area contributed by atoms with E-state index in [4.69, 9.17) is 10.2 Å². The number of hydrogen-bond donors (Lipinski definition) is 1. The molecule has 0 aliphatic rings. The van der Waals surface area contributed by atoms with Crippen LogP contribution in [0.25, 0.3) is 11.0 Å². The molecule has 1 aromatic heterocycles. The standard InChI is InChI=1S/C14H17NO2/c1-3-14(2,9-15)13(16)12-8-10-6-4-5-7-11(10)17-12/h4-8H,3,9,15H2,1-2H3. The maximum atomic E-state index is 12.3. The highest BCUT2D eigenvalue weighted by atomic mass is 16.3. The van der Waals surface area contributed by atoms with Crippen LogP contribution < -0.4 is 5.73 Å². The molecule has 0 amide bonds. The number of fused-ring (bicyclic) bond motifs is 1. The summed E-state index contributed by atoms with van der Waals surface area (Å²) >= 11 is 0. The smallest absolute Gasteiger partial charge is 0.205 e. The zero-order chi connectivity index (χ0) is 12.5. The lowest BCUT2D eigenvalue weighted by Gasteiger charge is -2.22. The Morgan fingerprint density at radius 2 is 2.12 bits per heavy atom. The summed E-state index contributed by atoms with van der Waals surface area (Å²) in [6.07, 6.45) is 0.708. The van der Waals surface area contributed by atoms with E-state index in [-0.39, 0.29) is 5.78 Å². The highest BCUT2D eigenvalue weighted by molar-refractivity contribution is 6.01. The minimum Gasteiger partial charge on any atom is -0.453 e. The first kappa shape index (κ1) is 11.9. The van der Waals surface area contributed by atoms with E-state index in [1.54, 1.807) is 6.07 Å². The molecular formula is C14H17NO2. The molecule has 0 saturated carbocycles. The van der Waals surface area contributed by atoms with Gasteiger partial charge in [-0.15, -0.1) is 0 Å². The van der Waals surface area contributed by atoms with Crippen LogP contribution in [0.3, 0.4) is 0 Å². The highest BCUT2D eigenvalue weighted by Crippen LogP contribution is 2.28. The zero-order valence-electron chi connectivity index (χ0n) is 10.2. The topological polar surface area (TPSA) is 56.2 Å². The second kappa shape index (κ2) is 4.34. The summed E-state index contributed by atoms with van der Waals surface area (Å²) in [5, 5.41) is 0.950. The zero-order valence-corrected chi connectivity index (χ0v) is 10.2. The Balaban J connectivity index is 2.43. The molecule has 0 saturated heterocycles. The molecule has 0 fully saturated rings. The number of hydrogen-bond acceptors (Lipinski definition) is 3. The van der Waals surface area contributed by atoms with Gasteiger partial charge < -0.3 is 10.2 Å². The lowest BCUT2D eigenvalue weighted by molar-refractivity contribution is 0.0792. The van der Waals surface area contributed by atoms with Gasteiger partial charge in [0, 0.05) is 17.3 Å². The molecule has 2 aromatic rings. The molecule has 1 aromatic carbocycles. The van der Waals surface area contributed by atoms with Crippen molar-refractivity contribution in [3.05, 3.63) is 36.1 Å². The minimum atomic E-state index is -0.534. The number of furan rings is 1. The van der Waals surface area contributed by atoms with Crippen molar-refractivity contribution in [1.29, 1.82) is 0 Å². The van der Waals surface area contributed by atoms with Gasteiger partial charge in [-0.1, -0.05) is 32.0 Å². The SMILES string of the molecule is CCC(C)(CN)C(=O)c1cc2ccccc2o1. The number of carbonyl (C=O) groups is 1. The van der Waals surface area contributed by atoms with Crippen molar-refractivity contribution in [2.75, 3.05) is 6.54 Å². The summed E-state index contributed by atoms with van der Waals surface area (Å²) < 4.78 is 5.57. The van der Waals surface area contributed by atoms with Crippen molar-refractivity contribution < 1.29 is 9.21 Å². The average molecular weight is 231 g/mol. The Morgan fingerprint density at radius 1 is 1.41 bits per heavy atom. The van der Waals surface area contributed by atoms with E-state index in [0.29, 0.717) is 18.7 Å². The maximum absolute atomic E-state index is 12.3. The molecular weight excluding hydrogens is 214 g/mol. The summed E-state index contributed by atoms with van der Waals surface area (Å²) in [5.41, 5.74) is 5.90. The molecule has 2 N–H and O–H groups in total. The van der Waals surface area contributed by atoms with Gasteiger partial charge in [-0.2, -0.15) is 0 Å². The second-order valence-corrected chi connectivity index (χ2v) is 4.60. The first-order valence-electron chi connectivity index (χ1n) is 5.84. The Kier molecular flexibility index (Phi) is 3.03. The van der Waals surface area contributed by atoms with Crippen LogP contribution in [0.5, 0.6) is 0 Å². The molecule has 1 heterocycles. The Labute approximate surface area is 101 Å². The van der Waals surface area contributed by atoms with Crippen molar-refractivity contribution in [2.24, 2.45) is 11.1 Å². The number of carbonyl (C=O) groups excluding carboxylic acids is 1. The second-order valence-electron chi connectivity index (χ2n) is 4.60. The van der Waals surface area contributed by atoms with Gasteiger partial charge in [-0.05, 0) is 18.6 Å². The Hall–Kier alpha value is -1.61. The summed E-state index contributed by atoms with van der Waals surface area (Å²) in [6.45, 7) is 4.18. The van der Waals surface area contributed by atoms with Gasteiger partial charge in [0.25, 0.3) is 0 Å². The van der Waals surface area contributed by atoms with E-state index in [1.165, 1.54) is 0 Å². The van der Waals surface area contributed by atoms with Gasteiger partial charge in [0.15, 0.2) is 5.76 Å². The van der Waals surface area contributed by atoms with Crippen molar-refractivity contribution >= 4 is 16.8 Å². The maximum Gasteiger partial charge on any atom is 0.205 e. The third-order valence-electron chi connectivity index (χ3n) is 3.43. The van der Waals surface area contributed by atoms with E-state index in [1.807, 2.05) is 38.1 Å². The molecule has 3 nitrogen and oxygen atoms in total. The van der Waals surface area contributed by atoms with Gasteiger partial charge in [0.2, 0.25) is 5.78 Å². The molecule has 0 spiro atoms. The third kappa shape index (κ3) is 1.98. The average Bonchev–Trinajstić information content (AvgIpc) is 2.80. The van der Waals surface area contributed by atoms with Crippen LogP contribution in [0.2, 0.25) is 0 Å². The van der Waals surface area contributed by atoms with E-state index in [2.05, 4.69) is 0 Å². The lowest BCUT2D eigenvalue weighted by Crippen LogP contribution is -2.35. The molecule has 3 heteroatoms. The van der Waals surface area contributed by atoms with Crippen molar-refractivity contribution in [3.63, 3.8) is 0 Å². The Bertz CT molecular complexity index is 505. The number of ketones is 1. The summed E-state index contributed by atoms with van der Waals surface area (Å²) in [4.78, 5) is 12.3. The molecule has 2 rings (SSSR count). The fourth-order valence-electron chi connectivity index (χ4n) is 1.79. The van der Waals surface area contributed by atoms with Gasteiger partial charge >= 0.3 is 0 Å². The fraction of sp³-hybridized carbons (Fsp3) is 0.357. The predicted octanol–water partition coefficient (Wildman–Crippen LogP) is 2.99. The molecule has 17 heavy (non-hydrogen) atoms. The van der Waals surface area contributed by atoms with Gasteiger partial charge in [-0.3, -0.25) is 4.79 Å². The normalized spacial score (nSPS) is 14.8. The number of benzene rings is 1. The van der Waals surface area contributed by atoms with Crippen LogP contribution in [-0.2, 0) is 0 Å². The van der Waals surface area contributed by atoms with Crippen LogP contribution in [0, 0.1) is 5.41 Å². The highest BCUT2D eigenvalue weighted by Gasteiger charge is 2.32. The monoisotopic (exact) mass is 231 g/mol. The van der Waals surface area contributed by atoms with Crippen LogP contribution in [-0.4, -0.2) is 12.3 Å². The fourth-order valence-corrected chi connectivity index (χ4v) is 1.79. The van der Waals surface area contributed by atoms with E-state index >= 15 is 0 Å². The van der Waals surface area contributed by atoms with Crippen LogP contribution in [0.4, 0.5) is 0 Å². The molecule has 0 bridgehead atoms. The van der Waals surface area contributed by atoms with Crippen LogP contribution in [0.1, 0.15) is 30.8 Å². The van der Waals surface area contributed by atoms with Crippen molar-refractivity contribution in [2.45, 2.75) is 20.3 Å². The predicted molar refractivity (Wildman–Crippen MR) is 68.0 cm³/mol. The lowest BCUT2D eigenvalue weighted by atomic mass is 9.82. The first-order valence-corrected chi connectivity index (χ1v) is 5.84. The third-order valence-corrected chi connectivity index (χ3v) is 3.43. The molecule has 0 aliphatic heterocycles. The van der Waals surface area contributed by atoms with E-state index in [0.717, 1.165) is 11.0 Å². The summed E-state index contributed by atoms with van der Waals surface area (Å²) in [5.74, 6) is 0.389. The first-order chi connectivity index (χ1) is 8.10. The quantitative estimate of drug-likeness (QED) is 0.823. The van der Waals surface area contributed by atoms with E-state index < -0.39 is 5.41 Å². The van der Waals surface area contributed by atoms with Crippen molar-refractivity contribution in [1.82, 2.24) is 0 Å². The van der Waals surface area contributed by atoms with Crippen molar-refractivity contribution in [3.8, 4) is 0 Å². The molecule has 1 atom stereocenters. The van der Waals surface area contributed by atoms with Gasteiger partial charge in [-0.25, -0.2) is 0 Å². The molecule has 90 valence electrons. The van der Waals surface area contributed by atoms with Gasteiger partial charge in [0.1, 0.15) is 5.58 Å². The number of Topliss-reactive ketones (excluding diaryl/α,β-unsaturated/α-hetero) is 1. The van der Waals surface area contributed by atoms with E-state index in [9.17, 15) is 4.79 Å².